The van der Waals surface area contributed by atoms with E-state index >= 15 is 0 Å². The molecule has 1 unspecified atom stereocenters. The molecule has 0 aliphatic carbocycles. The van der Waals surface area contributed by atoms with E-state index in [1.807, 2.05) is 48.5 Å². The molecule has 0 saturated carbocycles. The van der Waals surface area contributed by atoms with Gasteiger partial charge in [-0.15, -0.1) is 0 Å². The van der Waals surface area contributed by atoms with Crippen molar-refractivity contribution in [3.05, 3.63) is 70.7 Å². The van der Waals surface area contributed by atoms with Crippen molar-refractivity contribution in [3.8, 4) is 0 Å². The van der Waals surface area contributed by atoms with Crippen LogP contribution in [0, 0.1) is 5.92 Å². The summed E-state index contributed by atoms with van der Waals surface area (Å²) in [5, 5.41) is 9.89. The molecule has 21 heavy (non-hydrogen) atoms. The highest BCUT2D eigenvalue weighted by molar-refractivity contribution is 6.31. The summed E-state index contributed by atoms with van der Waals surface area (Å²) in [4.78, 5) is 11.3. The summed E-state index contributed by atoms with van der Waals surface area (Å²) in [6.07, 6.45) is 0.365. The maximum atomic E-state index is 11.3. The fraction of sp³-hybridized carbons (Fsp3) is 0.235. The van der Waals surface area contributed by atoms with Gasteiger partial charge in [0.1, 0.15) is 0 Å². The first kappa shape index (κ1) is 15.5. The van der Waals surface area contributed by atoms with Gasteiger partial charge >= 0.3 is 5.97 Å². The zero-order valence-electron chi connectivity index (χ0n) is 11.5. The first-order valence-electron chi connectivity index (χ1n) is 6.74. The molecule has 1 atom stereocenters. The minimum absolute atomic E-state index is 0.162. The standard InChI is InChI=1S/C17H17ClO3/c18-16-9-5-4-8-14(16)10-15(17(19)20)12-21-11-13-6-2-1-3-7-13/h1-9,15H,10-12H2,(H,19,20). The van der Waals surface area contributed by atoms with Crippen LogP contribution in [-0.2, 0) is 22.6 Å². The van der Waals surface area contributed by atoms with Crippen LogP contribution in [0.3, 0.4) is 0 Å². The maximum absolute atomic E-state index is 11.3. The zero-order chi connectivity index (χ0) is 15.1. The third-order valence-electron chi connectivity index (χ3n) is 3.20. The molecule has 1 N–H and O–H groups in total. The summed E-state index contributed by atoms with van der Waals surface area (Å²) in [6, 6.07) is 17.0. The fourth-order valence-corrected chi connectivity index (χ4v) is 2.25. The van der Waals surface area contributed by atoms with Crippen LogP contribution in [0.4, 0.5) is 0 Å². The lowest BCUT2D eigenvalue weighted by Crippen LogP contribution is -2.22. The summed E-state index contributed by atoms with van der Waals surface area (Å²) in [7, 11) is 0. The average Bonchev–Trinajstić information content (AvgIpc) is 2.49. The van der Waals surface area contributed by atoms with Crippen molar-refractivity contribution in [3.63, 3.8) is 0 Å². The molecule has 0 amide bonds. The van der Waals surface area contributed by atoms with Gasteiger partial charge in [-0.2, -0.15) is 0 Å². The number of ether oxygens (including phenoxy) is 1. The molecular formula is C17H17ClO3. The van der Waals surface area contributed by atoms with Crippen LogP contribution in [-0.4, -0.2) is 17.7 Å². The molecule has 0 saturated heterocycles. The molecule has 0 aliphatic heterocycles. The van der Waals surface area contributed by atoms with E-state index in [1.54, 1.807) is 6.07 Å². The number of carbonyl (C=O) groups is 1. The van der Waals surface area contributed by atoms with Crippen LogP contribution in [0.1, 0.15) is 11.1 Å². The Labute approximate surface area is 129 Å². The van der Waals surface area contributed by atoms with E-state index in [2.05, 4.69) is 0 Å². The molecule has 0 fully saturated rings. The Bertz CT molecular complexity index is 584. The van der Waals surface area contributed by atoms with Gasteiger partial charge in [0.15, 0.2) is 0 Å². The van der Waals surface area contributed by atoms with Gasteiger partial charge in [-0.25, -0.2) is 0 Å². The summed E-state index contributed by atoms with van der Waals surface area (Å²) in [6.45, 7) is 0.572. The number of carboxylic acids is 1. The lowest BCUT2D eigenvalue weighted by Gasteiger charge is -2.14. The van der Waals surface area contributed by atoms with Crippen LogP contribution >= 0.6 is 11.6 Å². The molecule has 0 heterocycles. The smallest absolute Gasteiger partial charge is 0.309 e. The predicted octanol–water partition coefficient (Wildman–Crippen LogP) is 3.80. The van der Waals surface area contributed by atoms with E-state index in [9.17, 15) is 9.90 Å². The topological polar surface area (TPSA) is 46.5 Å². The van der Waals surface area contributed by atoms with Gasteiger partial charge < -0.3 is 9.84 Å². The Morgan fingerprint density at radius 2 is 1.76 bits per heavy atom. The molecule has 2 rings (SSSR count). The highest BCUT2D eigenvalue weighted by Crippen LogP contribution is 2.19. The number of aliphatic carboxylic acids is 1. The van der Waals surface area contributed by atoms with Crippen molar-refractivity contribution in [2.45, 2.75) is 13.0 Å². The van der Waals surface area contributed by atoms with Gasteiger partial charge in [0.05, 0.1) is 19.1 Å². The number of rotatable bonds is 7. The SMILES string of the molecule is O=C(O)C(COCc1ccccc1)Cc1ccccc1Cl. The van der Waals surface area contributed by atoms with Crippen LogP contribution in [0.5, 0.6) is 0 Å². The molecule has 2 aromatic carbocycles. The fourth-order valence-electron chi connectivity index (χ4n) is 2.04. The third-order valence-corrected chi connectivity index (χ3v) is 3.57. The van der Waals surface area contributed by atoms with Crippen LogP contribution < -0.4 is 0 Å². The number of carboxylic acid groups (broad SMARTS) is 1. The molecule has 0 aliphatic rings. The van der Waals surface area contributed by atoms with Crippen LogP contribution in [0.2, 0.25) is 5.02 Å². The maximum Gasteiger partial charge on any atom is 0.309 e. The van der Waals surface area contributed by atoms with Gasteiger partial charge in [-0.05, 0) is 23.6 Å². The highest BCUT2D eigenvalue weighted by Gasteiger charge is 2.19. The van der Waals surface area contributed by atoms with Gasteiger partial charge in [-0.1, -0.05) is 60.1 Å². The number of halogens is 1. The van der Waals surface area contributed by atoms with Gasteiger partial charge in [0, 0.05) is 5.02 Å². The molecular weight excluding hydrogens is 288 g/mol. The minimum atomic E-state index is -0.872. The first-order chi connectivity index (χ1) is 10.2. The van der Waals surface area contributed by atoms with E-state index in [0.717, 1.165) is 11.1 Å². The molecule has 0 spiro atoms. The summed E-state index contributed by atoms with van der Waals surface area (Å²) in [5.74, 6) is -1.48. The van der Waals surface area contributed by atoms with Gasteiger partial charge in [-0.3, -0.25) is 4.79 Å². The summed E-state index contributed by atoms with van der Waals surface area (Å²) >= 11 is 6.07. The minimum Gasteiger partial charge on any atom is -0.481 e. The van der Waals surface area contributed by atoms with Crippen molar-refractivity contribution in [1.29, 1.82) is 0 Å². The molecule has 110 valence electrons. The van der Waals surface area contributed by atoms with Gasteiger partial charge in [0.25, 0.3) is 0 Å². The number of hydrogen-bond donors (Lipinski definition) is 1. The van der Waals surface area contributed by atoms with Crippen molar-refractivity contribution in [2.24, 2.45) is 5.92 Å². The molecule has 0 aromatic heterocycles. The number of hydrogen-bond acceptors (Lipinski definition) is 2. The molecule has 0 bridgehead atoms. The second-order valence-electron chi connectivity index (χ2n) is 4.83. The molecule has 0 radical (unpaired) electrons. The van der Waals surface area contributed by atoms with Crippen LogP contribution in [0.25, 0.3) is 0 Å². The van der Waals surface area contributed by atoms with E-state index < -0.39 is 11.9 Å². The lowest BCUT2D eigenvalue weighted by molar-refractivity contribution is -0.144. The number of benzene rings is 2. The molecule has 2 aromatic rings. The van der Waals surface area contributed by atoms with E-state index in [4.69, 9.17) is 16.3 Å². The highest BCUT2D eigenvalue weighted by atomic mass is 35.5. The Morgan fingerprint density at radius 3 is 2.43 bits per heavy atom. The lowest BCUT2D eigenvalue weighted by atomic mass is 10.0. The van der Waals surface area contributed by atoms with Crippen molar-refractivity contribution in [2.75, 3.05) is 6.61 Å². The first-order valence-corrected chi connectivity index (χ1v) is 7.12. The monoisotopic (exact) mass is 304 g/mol. The normalized spacial score (nSPS) is 12.0. The Hall–Kier alpha value is -1.84. The predicted molar refractivity (Wildman–Crippen MR) is 82.4 cm³/mol. The Morgan fingerprint density at radius 1 is 1.10 bits per heavy atom. The quantitative estimate of drug-likeness (QED) is 0.846. The van der Waals surface area contributed by atoms with Gasteiger partial charge in [0.2, 0.25) is 0 Å². The summed E-state index contributed by atoms with van der Waals surface area (Å²) in [5.41, 5.74) is 1.86. The van der Waals surface area contributed by atoms with Crippen LogP contribution in [0.15, 0.2) is 54.6 Å². The van der Waals surface area contributed by atoms with Crippen molar-refractivity contribution >= 4 is 17.6 Å². The second-order valence-corrected chi connectivity index (χ2v) is 5.24. The van der Waals surface area contributed by atoms with Crippen molar-refractivity contribution < 1.29 is 14.6 Å². The zero-order valence-corrected chi connectivity index (χ0v) is 12.3. The Balaban J connectivity index is 1.91. The second kappa shape index (κ2) is 7.81. The molecule has 4 heteroatoms. The largest absolute Gasteiger partial charge is 0.481 e. The average molecular weight is 305 g/mol. The summed E-state index contributed by atoms with van der Waals surface area (Å²) < 4.78 is 5.53. The van der Waals surface area contributed by atoms with E-state index in [0.29, 0.717) is 18.1 Å². The third kappa shape index (κ3) is 4.88. The molecule has 3 nitrogen and oxygen atoms in total. The van der Waals surface area contributed by atoms with Crippen molar-refractivity contribution in [1.82, 2.24) is 0 Å². The van der Waals surface area contributed by atoms with E-state index in [-0.39, 0.29) is 6.61 Å². The Kier molecular flexibility index (Phi) is 5.78. The van der Waals surface area contributed by atoms with E-state index in [1.165, 1.54) is 0 Å².